The lowest BCUT2D eigenvalue weighted by Crippen LogP contribution is -2.38. The molecule has 0 atom stereocenters. The Morgan fingerprint density at radius 2 is 2.06 bits per heavy atom. The van der Waals surface area contributed by atoms with E-state index in [1.54, 1.807) is 0 Å². The summed E-state index contributed by atoms with van der Waals surface area (Å²) in [5, 5.41) is 4.95. The number of nitrogens with one attached hydrogen (secondary N) is 1. The molecular formula is C16H20N2. The number of fused-ring (bicyclic) bond motifs is 1. The third kappa shape index (κ3) is 2.39. The van der Waals surface area contributed by atoms with E-state index in [0.717, 1.165) is 12.1 Å². The van der Waals surface area contributed by atoms with Gasteiger partial charge in [0.2, 0.25) is 0 Å². The third-order valence-corrected chi connectivity index (χ3v) is 4.09. The summed E-state index contributed by atoms with van der Waals surface area (Å²) >= 11 is 0. The molecule has 1 aromatic carbocycles. The first-order chi connectivity index (χ1) is 8.75. The molecule has 0 amide bonds. The Morgan fingerprint density at radius 3 is 2.89 bits per heavy atom. The van der Waals surface area contributed by atoms with Crippen molar-refractivity contribution < 1.29 is 0 Å². The zero-order chi connectivity index (χ0) is 12.4. The van der Waals surface area contributed by atoms with Crippen molar-refractivity contribution in [3.8, 4) is 0 Å². The summed E-state index contributed by atoms with van der Waals surface area (Å²) in [6.07, 6.45) is 7.19. The molecule has 2 nitrogen and oxygen atoms in total. The van der Waals surface area contributed by atoms with E-state index in [2.05, 4.69) is 41.5 Å². The molecule has 1 aliphatic rings. The quantitative estimate of drug-likeness (QED) is 0.885. The summed E-state index contributed by atoms with van der Waals surface area (Å²) < 4.78 is 0. The second-order valence-electron chi connectivity index (χ2n) is 5.65. The molecule has 0 unspecified atom stereocenters. The van der Waals surface area contributed by atoms with Crippen LogP contribution in [0.3, 0.4) is 0 Å². The average Bonchev–Trinajstić information content (AvgIpc) is 2.84. The molecule has 94 valence electrons. The lowest BCUT2D eigenvalue weighted by atomic mass is 10.00. The minimum Gasteiger partial charge on any atom is -0.307 e. The summed E-state index contributed by atoms with van der Waals surface area (Å²) in [5.41, 5.74) is 2.78. The fraction of sp³-hybridized carbons (Fsp3) is 0.438. The molecule has 1 saturated carbocycles. The minimum absolute atomic E-state index is 0.351. The van der Waals surface area contributed by atoms with E-state index in [4.69, 9.17) is 0 Å². The van der Waals surface area contributed by atoms with E-state index >= 15 is 0 Å². The minimum atomic E-state index is 0.351. The number of aromatic nitrogens is 1. The van der Waals surface area contributed by atoms with E-state index < -0.39 is 0 Å². The molecule has 2 aromatic rings. The van der Waals surface area contributed by atoms with Crippen LogP contribution in [0.1, 0.15) is 38.2 Å². The Hall–Kier alpha value is -1.41. The molecule has 1 N–H and O–H groups in total. The van der Waals surface area contributed by atoms with Crippen molar-refractivity contribution in [2.45, 2.75) is 44.7 Å². The lowest BCUT2D eigenvalue weighted by Gasteiger charge is -2.25. The van der Waals surface area contributed by atoms with E-state index in [-0.39, 0.29) is 0 Å². The number of pyridine rings is 1. The van der Waals surface area contributed by atoms with Crippen molar-refractivity contribution in [2.75, 3.05) is 0 Å². The Morgan fingerprint density at radius 1 is 1.22 bits per heavy atom. The predicted octanol–water partition coefficient (Wildman–Crippen LogP) is 3.66. The maximum absolute atomic E-state index is 4.35. The molecular weight excluding hydrogens is 220 g/mol. The maximum atomic E-state index is 4.35. The lowest BCUT2D eigenvalue weighted by molar-refractivity contribution is 0.363. The number of hydrogen-bond donors (Lipinski definition) is 1. The van der Waals surface area contributed by atoms with Crippen LogP contribution in [0.2, 0.25) is 0 Å². The van der Waals surface area contributed by atoms with Crippen LogP contribution in [0.4, 0.5) is 0 Å². The van der Waals surface area contributed by atoms with Gasteiger partial charge in [0.1, 0.15) is 0 Å². The molecule has 1 aliphatic carbocycles. The summed E-state index contributed by atoms with van der Waals surface area (Å²) in [4.78, 5) is 4.35. The van der Waals surface area contributed by atoms with Gasteiger partial charge in [-0.05, 0) is 43.5 Å². The molecule has 0 radical (unpaired) electrons. The molecule has 1 fully saturated rings. The topological polar surface area (TPSA) is 24.9 Å². The van der Waals surface area contributed by atoms with Crippen LogP contribution >= 0.6 is 0 Å². The Bertz CT molecular complexity index is 542. The monoisotopic (exact) mass is 240 g/mol. The van der Waals surface area contributed by atoms with Crippen molar-refractivity contribution in [1.29, 1.82) is 0 Å². The van der Waals surface area contributed by atoms with Gasteiger partial charge in [-0.3, -0.25) is 4.98 Å². The van der Waals surface area contributed by atoms with Gasteiger partial charge in [0.05, 0.1) is 5.52 Å². The second-order valence-corrected chi connectivity index (χ2v) is 5.65. The number of rotatable bonds is 3. The molecule has 0 aliphatic heterocycles. The zero-order valence-electron chi connectivity index (χ0n) is 10.9. The van der Waals surface area contributed by atoms with Gasteiger partial charge < -0.3 is 5.32 Å². The van der Waals surface area contributed by atoms with Gasteiger partial charge >= 0.3 is 0 Å². The summed E-state index contributed by atoms with van der Waals surface area (Å²) in [6, 6.07) is 10.7. The van der Waals surface area contributed by atoms with Crippen LogP contribution in [0.15, 0.2) is 36.5 Å². The van der Waals surface area contributed by atoms with Crippen LogP contribution in [0.5, 0.6) is 0 Å². The Kier molecular flexibility index (Phi) is 3.04. The predicted molar refractivity (Wildman–Crippen MR) is 75.5 cm³/mol. The Balaban J connectivity index is 1.74. The first kappa shape index (κ1) is 11.7. The molecule has 3 rings (SSSR count). The van der Waals surface area contributed by atoms with Crippen LogP contribution in [-0.2, 0) is 6.54 Å². The molecule has 18 heavy (non-hydrogen) atoms. The maximum Gasteiger partial charge on any atom is 0.0702 e. The number of nitrogens with zero attached hydrogens (tertiary/aromatic N) is 1. The highest BCUT2D eigenvalue weighted by molar-refractivity contribution is 5.78. The summed E-state index contributed by atoms with van der Waals surface area (Å²) in [6.45, 7) is 3.31. The first-order valence-electron chi connectivity index (χ1n) is 6.84. The second kappa shape index (κ2) is 4.69. The van der Waals surface area contributed by atoms with Crippen LogP contribution in [-0.4, -0.2) is 10.5 Å². The van der Waals surface area contributed by atoms with Crippen LogP contribution in [0, 0.1) is 0 Å². The standard InChI is InChI=1S/C16H20N2/c1-16(8-2-3-9-16)18-12-13-6-7-15-14(11-13)5-4-10-17-15/h4-7,10-11,18H,2-3,8-9,12H2,1H3. The Labute approximate surface area is 108 Å². The van der Waals surface area contributed by atoms with Gasteiger partial charge in [0.15, 0.2) is 0 Å². The highest BCUT2D eigenvalue weighted by atomic mass is 15.0. The fourth-order valence-corrected chi connectivity index (χ4v) is 2.88. The highest BCUT2D eigenvalue weighted by Crippen LogP contribution is 2.29. The van der Waals surface area contributed by atoms with Gasteiger partial charge in [-0.2, -0.15) is 0 Å². The van der Waals surface area contributed by atoms with E-state index in [0.29, 0.717) is 5.54 Å². The van der Waals surface area contributed by atoms with E-state index in [1.807, 2.05) is 12.3 Å². The van der Waals surface area contributed by atoms with E-state index in [1.165, 1.54) is 36.6 Å². The van der Waals surface area contributed by atoms with Crippen LogP contribution in [0.25, 0.3) is 10.9 Å². The third-order valence-electron chi connectivity index (χ3n) is 4.09. The van der Waals surface area contributed by atoms with Crippen LogP contribution < -0.4 is 5.32 Å². The van der Waals surface area contributed by atoms with Crippen molar-refractivity contribution >= 4 is 10.9 Å². The molecule has 1 heterocycles. The largest absolute Gasteiger partial charge is 0.307 e. The first-order valence-corrected chi connectivity index (χ1v) is 6.84. The van der Waals surface area contributed by atoms with Crippen molar-refractivity contribution in [3.05, 3.63) is 42.1 Å². The molecule has 1 aromatic heterocycles. The SMILES string of the molecule is CC1(NCc2ccc3ncccc3c2)CCCC1. The number of hydrogen-bond acceptors (Lipinski definition) is 2. The van der Waals surface area contributed by atoms with Gasteiger partial charge in [0, 0.05) is 23.7 Å². The molecule has 0 bridgehead atoms. The van der Waals surface area contributed by atoms with Crippen molar-refractivity contribution in [3.63, 3.8) is 0 Å². The average molecular weight is 240 g/mol. The summed E-state index contributed by atoms with van der Waals surface area (Å²) in [7, 11) is 0. The number of benzene rings is 1. The smallest absolute Gasteiger partial charge is 0.0702 e. The van der Waals surface area contributed by atoms with Gasteiger partial charge in [0.25, 0.3) is 0 Å². The van der Waals surface area contributed by atoms with Gasteiger partial charge in [-0.1, -0.05) is 25.0 Å². The van der Waals surface area contributed by atoms with Crippen molar-refractivity contribution in [1.82, 2.24) is 10.3 Å². The molecule has 0 saturated heterocycles. The zero-order valence-corrected chi connectivity index (χ0v) is 10.9. The molecule has 0 spiro atoms. The summed E-state index contributed by atoms with van der Waals surface area (Å²) in [5.74, 6) is 0. The molecule has 2 heteroatoms. The van der Waals surface area contributed by atoms with Crippen molar-refractivity contribution in [2.24, 2.45) is 0 Å². The highest BCUT2D eigenvalue weighted by Gasteiger charge is 2.27. The fourth-order valence-electron chi connectivity index (χ4n) is 2.88. The van der Waals surface area contributed by atoms with Gasteiger partial charge in [-0.15, -0.1) is 0 Å². The van der Waals surface area contributed by atoms with Gasteiger partial charge in [-0.25, -0.2) is 0 Å². The normalized spacial score (nSPS) is 18.3. The van der Waals surface area contributed by atoms with E-state index in [9.17, 15) is 0 Å².